The highest BCUT2D eigenvalue weighted by molar-refractivity contribution is 14.1. The summed E-state index contributed by atoms with van der Waals surface area (Å²) in [6, 6.07) is 0. The third-order valence-electron chi connectivity index (χ3n) is 1.79. The summed E-state index contributed by atoms with van der Waals surface area (Å²) in [5.41, 5.74) is 0. The first kappa shape index (κ1) is 16.1. The van der Waals surface area contributed by atoms with Crippen molar-refractivity contribution in [1.29, 1.82) is 0 Å². The van der Waals surface area contributed by atoms with Crippen molar-refractivity contribution in [2.24, 2.45) is 5.92 Å². The molecule has 0 bridgehead atoms. The zero-order valence-electron chi connectivity index (χ0n) is 10.4. The van der Waals surface area contributed by atoms with E-state index in [4.69, 9.17) is 4.74 Å². The lowest BCUT2D eigenvalue weighted by Gasteiger charge is -2.09. The zero-order chi connectivity index (χ0) is 12.4. The second-order valence-corrected chi connectivity index (χ2v) is 6.36. The fourth-order valence-corrected chi connectivity index (χ4v) is 1.23. The fraction of sp³-hybridized carbons (Fsp3) is 0.909. The summed E-state index contributed by atoms with van der Waals surface area (Å²) >= 11 is 2.27. The number of alkyl halides is 1. The Morgan fingerprint density at radius 2 is 2.00 bits per heavy atom. The van der Waals surface area contributed by atoms with Crippen molar-refractivity contribution < 1.29 is 9.53 Å². The van der Waals surface area contributed by atoms with Gasteiger partial charge in [-0.3, -0.25) is 4.79 Å². The fourth-order valence-electron chi connectivity index (χ4n) is 1.01. The van der Waals surface area contributed by atoms with Crippen LogP contribution in [0.4, 0.5) is 0 Å². The minimum absolute atomic E-state index is 0.0348. The average molecular weight is 342 g/mol. The molecule has 0 aliphatic rings. The standard InChI is InChI=1S/C11H23IN2O2/c1-9(2)6-13-4-5-16-8-11(15)14-7-10(3)12/h9-10,13H,4-8H2,1-3H3,(H,14,15). The maximum Gasteiger partial charge on any atom is 0.246 e. The van der Waals surface area contributed by atoms with Crippen LogP contribution in [0.2, 0.25) is 0 Å². The molecule has 16 heavy (non-hydrogen) atoms. The largest absolute Gasteiger partial charge is 0.370 e. The molecule has 1 atom stereocenters. The van der Waals surface area contributed by atoms with Crippen molar-refractivity contribution in [1.82, 2.24) is 10.6 Å². The van der Waals surface area contributed by atoms with Crippen molar-refractivity contribution in [2.45, 2.75) is 24.7 Å². The third-order valence-corrected chi connectivity index (χ3v) is 2.23. The SMILES string of the molecule is CC(C)CNCCOCC(=O)NCC(C)I. The number of ether oxygens (including phenoxy) is 1. The van der Waals surface area contributed by atoms with Gasteiger partial charge in [-0.05, 0) is 12.5 Å². The molecule has 0 heterocycles. The highest BCUT2D eigenvalue weighted by Crippen LogP contribution is 1.94. The van der Waals surface area contributed by atoms with E-state index in [9.17, 15) is 4.79 Å². The Bertz CT molecular complexity index is 187. The van der Waals surface area contributed by atoms with Gasteiger partial charge in [0.2, 0.25) is 5.91 Å². The maximum absolute atomic E-state index is 11.2. The number of amides is 1. The molecule has 4 nitrogen and oxygen atoms in total. The average Bonchev–Trinajstić information content (AvgIpc) is 2.19. The van der Waals surface area contributed by atoms with Gasteiger partial charge in [-0.15, -0.1) is 0 Å². The number of rotatable bonds is 9. The van der Waals surface area contributed by atoms with Crippen molar-refractivity contribution in [3.63, 3.8) is 0 Å². The first-order valence-electron chi connectivity index (χ1n) is 5.71. The summed E-state index contributed by atoms with van der Waals surface area (Å²) in [4.78, 5) is 11.2. The molecule has 0 aromatic rings. The number of halogens is 1. The van der Waals surface area contributed by atoms with E-state index in [1.54, 1.807) is 0 Å². The maximum atomic E-state index is 11.2. The molecule has 0 radical (unpaired) electrons. The third kappa shape index (κ3) is 12.2. The first-order chi connectivity index (χ1) is 7.52. The lowest BCUT2D eigenvalue weighted by Crippen LogP contribution is -2.32. The number of carbonyl (C=O) groups excluding carboxylic acids is 1. The molecule has 0 aromatic carbocycles. The van der Waals surface area contributed by atoms with Crippen LogP contribution in [0, 0.1) is 5.92 Å². The van der Waals surface area contributed by atoms with Gasteiger partial charge >= 0.3 is 0 Å². The Hall–Kier alpha value is 0.120. The van der Waals surface area contributed by atoms with Gasteiger partial charge < -0.3 is 15.4 Å². The number of carbonyl (C=O) groups is 1. The van der Waals surface area contributed by atoms with Crippen LogP contribution in [0.25, 0.3) is 0 Å². The van der Waals surface area contributed by atoms with Crippen LogP contribution in [-0.4, -0.2) is 42.7 Å². The van der Waals surface area contributed by atoms with E-state index in [0.29, 0.717) is 23.0 Å². The van der Waals surface area contributed by atoms with E-state index < -0.39 is 0 Å². The molecule has 1 amide bonds. The molecule has 0 aromatic heterocycles. The molecule has 0 spiro atoms. The van der Waals surface area contributed by atoms with Gasteiger partial charge in [0.15, 0.2) is 0 Å². The summed E-state index contributed by atoms with van der Waals surface area (Å²) in [5, 5.41) is 6.05. The molecule has 0 saturated heterocycles. The minimum atomic E-state index is -0.0348. The molecular formula is C11H23IN2O2. The van der Waals surface area contributed by atoms with Gasteiger partial charge in [-0.2, -0.15) is 0 Å². The Morgan fingerprint density at radius 3 is 2.56 bits per heavy atom. The van der Waals surface area contributed by atoms with E-state index in [1.165, 1.54) is 0 Å². The number of nitrogens with one attached hydrogen (secondary N) is 2. The monoisotopic (exact) mass is 342 g/mol. The molecule has 0 aliphatic carbocycles. The van der Waals surface area contributed by atoms with E-state index in [2.05, 4.69) is 54.0 Å². The number of hydrogen-bond donors (Lipinski definition) is 2. The van der Waals surface area contributed by atoms with Crippen LogP contribution in [0.1, 0.15) is 20.8 Å². The summed E-state index contributed by atoms with van der Waals surface area (Å²) < 4.78 is 5.69. The van der Waals surface area contributed by atoms with Crippen molar-refractivity contribution in [3.8, 4) is 0 Å². The van der Waals surface area contributed by atoms with Crippen LogP contribution in [0.5, 0.6) is 0 Å². The highest BCUT2D eigenvalue weighted by Gasteiger charge is 2.02. The second-order valence-electron chi connectivity index (χ2n) is 4.24. The molecule has 2 N–H and O–H groups in total. The molecule has 0 rings (SSSR count). The van der Waals surface area contributed by atoms with E-state index in [1.807, 2.05) is 0 Å². The van der Waals surface area contributed by atoms with Gasteiger partial charge in [-0.25, -0.2) is 0 Å². The number of hydrogen-bond acceptors (Lipinski definition) is 3. The van der Waals surface area contributed by atoms with E-state index in [0.717, 1.165) is 13.1 Å². The van der Waals surface area contributed by atoms with Crippen LogP contribution >= 0.6 is 22.6 Å². The van der Waals surface area contributed by atoms with Crippen LogP contribution < -0.4 is 10.6 Å². The normalized spacial score (nSPS) is 12.8. The van der Waals surface area contributed by atoms with Crippen LogP contribution in [-0.2, 0) is 9.53 Å². The van der Waals surface area contributed by atoms with Crippen LogP contribution in [0.15, 0.2) is 0 Å². The molecule has 96 valence electrons. The molecule has 0 fully saturated rings. The lowest BCUT2D eigenvalue weighted by atomic mass is 10.2. The predicted molar refractivity (Wildman–Crippen MR) is 75.0 cm³/mol. The van der Waals surface area contributed by atoms with Gasteiger partial charge in [0.1, 0.15) is 6.61 Å². The van der Waals surface area contributed by atoms with E-state index in [-0.39, 0.29) is 12.5 Å². The van der Waals surface area contributed by atoms with Gasteiger partial charge in [0, 0.05) is 17.0 Å². The molecule has 5 heteroatoms. The summed E-state index contributed by atoms with van der Waals surface area (Å²) in [6.07, 6.45) is 0. The van der Waals surface area contributed by atoms with E-state index >= 15 is 0 Å². The van der Waals surface area contributed by atoms with Crippen molar-refractivity contribution >= 4 is 28.5 Å². The Labute approximate surface area is 112 Å². The van der Waals surface area contributed by atoms with Gasteiger partial charge in [0.25, 0.3) is 0 Å². The van der Waals surface area contributed by atoms with Gasteiger partial charge in [0.05, 0.1) is 6.61 Å². The second kappa shape index (κ2) is 10.3. The zero-order valence-corrected chi connectivity index (χ0v) is 12.5. The summed E-state index contributed by atoms with van der Waals surface area (Å²) in [6.45, 7) is 9.60. The molecule has 1 unspecified atom stereocenters. The predicted octanol–water partition coefficient (Wildman–Crippen LogP) is 1.19. The van der Waals surface area contributed by atoms with Gasteiger partial charge in [-0.1, -0.05) is 43.4 Å². The Morgan fingerprint density at radius 1 is 1.31 bits per heavy atom. The molecule has 0 saturated carbocycles. The molecular weight excluding hydrogens is 319 g/mol. The summed E-state index contributed by atoms with van der Waals surface area (Å²) in [5.74, 6) is 0.612. The van der Waals surface area contributed by atoms with Crippen LogP contribution in [0.3, 0.4) is 0 Å². The smallest absolute Gasteiger partial charge is 0.246 e. The van der Waals surface area contributed by atoms with Crippen molar-refractivity contribution in [2.75, 3.05) is 32.8 Å². The topological polar surface area (TPSA) is 50.4 Å². The Balaban J connectivity index is 3.21. The summed E-state index contributed by atoms with van der Waals surface area (Å²) in [7, 11) is 0. The van der Waals surface area contributed by atoms with Crippen molar-refractivity contribution in [3.05, 3.63) is 0 Å². The quantitative estimate of drug-likeness (QED) is 0.376. The lowest BCUT2D eigenvalue weighted by molar-refractivity contribution is -0.125. The molecule has 0 aliphatic heterocycles. The highest BCUT2D eigenvalue weighted by atomic mass is 127. The minimum Gasteiger partial charge on any atom is -0.370 e. The Kier molecular flexibility index (Phi) is 10.4. The first-order valence-corrected chi connectivity index (χ1v) is 6.96.